The molecular weight excluding hydrogens is 231 g/mol. The second kappa shape index (κ2) is 4.49. The third-order valence-electron chi connectivity index (χ3n) is 2.65. The van der Waals surface area contributed by atoms with Gasteiger partial charge in [-0.2, -0.15) is 4.39 Å². The molecule has 0 aliphatic carbocycles. The summed E-state index contributed by atoms with van der Waals surface area (Å²) in [5, 5.41) is 3.67. The summed E-state index contributed by atoms with van der Waals surface area (Å²) in [4.78, 5) is 0. The average Bonchev–Trinajstić information content (AvgIpc) is 2.77. The first-order valence-corrected chi connectivity index (χ1v) is 5.63. The molecule has 0 radical (unpaired) electrons. The van der Waals surface area contributed by atoms with E-state index < -0.39 is 5.95 Å². The molecule has 0 atom stereocenters. The van der Waals surface area contributed by atoms with Gasteiger partial charge in [-0.25, -0.2) is 4.52 Å². The highest BCUT2D eigenvalue weighted by molar-refractivity contribution is 5.50. The Bertz CT molecular complexity index is 664. The van der Waals surface area contributed by atoms with Crippen LogP contribution in [0.15, 0.2) is 54.7 Å². The summed E-state index contributed by atoms with van der Waals surface area (Å²) in [6.45, 7) is 0.494. The van der Waals surface area contributed by atoms with Crippen LogP contribution < -0.4 is 4.74 Å². The van der Waals surface area contributed by atoms with E-state index in [9.17, 15) is 4.39 Å². The zero-order valence-electron chi connectivity index (χ0n) is 9.58. The number of aromatic nitrogens is 2. The van der Waals surface area contributed by atoms with E-state index in [2.05, 4.69) is 5.10 Å². The Morgan fingerprint density at radius 3 is 2.78 bits per heavy atom. The molecule has 1 aromatic carbocycles. The second-order valence-electron chi connectivity index (χ2n) is 3.97. The molecule has 3 aromatic rings. The van der Waals surface area contributed by atoms with Crippen LogP contribution in [-0.4, -0.2) is 9.61 Å². The molecule has 0 spiro atoms. The maximum atomic E-state index is 12.9. The zero-order valence-corrected chi connectivity index (χ0v) is 9.58. The summed E-state index contributed by atoms with van der Waals surface area (Å²) < 4.78 is 20.1. The molecule has 90 valence electrons. The number of pyridine rings is 1. The van der Waals surface area contributed by atoms with Crippen LogP contribution >= 0.6 is 0 Å². The lowest BCUT2D eigenvalue weighted by molar-refractivity contribution is 0.306. The fourth-order valence-electron chi connectivity index (χ4n) is 1.77. The number of fused-ring (bicyclic) bond motifs is 1. The first-order valence-electron chi connectivity index (χ1n) is 5.63. The fraction of sp³-hybridized carbons (Fsp3) is 0.0714. The smallest absolute Gasteiger partial charge is 0.233 e. The van der Waals surface area contributed by atoms with Crippen LogP contribution in [0, 0.1) is 5.95 Å². The van der Waals surface area contributed by atoms with Gasteiger partial charge in [0.2, 0.25) is 5.95 Å². The number of hydrogen-bond acceptors (Lipinski definition) is 2. The largest absolute Gasteiger partial charge is 0.489 e. The Morgan fingerprint density at radius 1 is 1.11 bits per heavy atom. The predicted molar refractivity (Wildman–Crippen MR) is 65.9 cm³/mol. The lowest BCUT2D eigenvalue weighted by Gasteiger charge is -2.06. The number of benzene rings is 1. The van der Waals surface area contributed by atoms with Crippen molar-refractivity contribution in [2.45, 2.75) is 6.61 Å². The Labute approximate surface area is 103 Å². The Morgan fingerprint density at radius 2 is 1.94 bits per heavy atom. The molecule has 3 nitrogen and oxygen atoms in total. The van der Waals surface area contributed by atoms with Gasteiger partial charge in [-0.3, -0.25) is 0 Å². The number of ether oxygens (including phenoxy) is 1. The van der Waals surface area contributed by atoms with Crippen LogP contribution in [0.5, 0.6) is 5.75 Å². The van der Waals surface area contributed by atoms with Gasteiger partial charge in [0.1, 0.15) is 12.4 Å². The highest BCUT2D eigenvalue weighted by Crippen LogP contribution is 2.16. The molecular formula is C14H11FN2O. The van der Waals surface area contributed by atoms with Crippen molar-refractivity contribution in [2.24, 2.45) is 0 Å². The maximum Gasteiger partial charge on any atom is 0.233 e. The Hall–Kier alpha value is -2.36. The fourth-order valence-corrected chi connectivity index (χ4v) is 1.77. The van der Waals surface area contributed by atoms with E-state index in [1.807, 2.05) is 30.3 Å². The van der Waals surface area contributed by atoms with Crippen LogP contribution in [0.4, 0.5) is 4.39 Å². The minimum absolute atomic E-state index is 0.491. The van der Waals surface area contributed by atoms with Crippen molar-refractivity contribution in [3.63, 3.8) is 0 Å². The molecule has 0 aliphatic rings. The molecule has 0 saturated heterocycles. The molecule has 0 aliphatic heterocycles. The van der Waals surface area contributed by atoms with Crippen molar-refractivity contribution in [1.82, 2.24) is 9.61 Å². The van der Waals surface area contributed by atoms with Crippen LogP contribution in [0.2, 0.25) is 0 Å². The van der Waals surface area contributed by atoms with E-state index in [-0.39, 0.29) is 0 Å². The van der Waals surface area contributed by atoms with Crippen molar-refractivity contribution in [2.75, 3.05) is 0 Å². The van der Waals surface area contributed by atoms with Gasteiger partial charge >= 0.3 is 0 Å². The standard InChI is InChI=1S/C14H11FN2O/c15-14-9-12-8-13(6-7-17(12)16-14)18-10-11-4-2-1-3-5-11/h1-9H,10H2. The lowest BCUT2D eigenvalue weighted by atomic mass is 10.2. The van der Waals surface area contributed by atoms with E-state index in [4.69, 9.17) is 4.74 Å². The number of hydrogen-bond donors (Lipinski definition) is 0. The summed E-state index contributed by atoms with van der Waals surface area (Å²) in [5.41, 5.74) is 1.77. The van der Waals surface area contributed by atoms with Crippen molar-refractivity contribution in [1.29, 1.82) is 0 Å². The Balaban J connectivity index is 1.78. The Kier molecular flexibility index (Phi) is 2.68. The maximum absolute atomic E-state index is 12.9. The van der Waals surface area contributed by atoms with Crippen molar-refractivity contribution < 1.29 is 9.13 Å². The van der Waals surface area contributed by atoms with Crippen molar-refractivity contribution >= 4 is 5.52 Å². The average molecular weight is 242 g/mol. The van der Waals surface area contributed by atoms with E-state index >= 15 is 0 Å². The predicted octanol–water partition coefficient (Wildman–Crippen LogP) is 3.05. The molecule has 0 saturated carbocycles. The van der Waals surface area contributed by atoms with Gasteiger partial charge in [-0.1, -0.05) is 30.3 Å². The number of halogens is 1. The third kappa shape index (κ3) is 2.18. The lowest BCUT2D eigenvalue weighted by Crippen LogP contribution is -1.96. The normalized spacial score (nSPS) is 10.7. The quantitative estimate of drug-likeness (QED) is 0.705. The van der Waals surface area contributed by atoms with E-state index in [1.54, 1.807) is 18.3 Å². The summed E-state index contributed by atoms with van der Waals surface area (Å²) in [6, 6.07) is 14.8. The van der Waals surface area contributed by atoms with Gasteiger partial charge in [0.25, 0.3) is 0 Å². The third-order valence-corrected chi connectivity index (χ3v) is 2.65. The minimum Gasteiger partial charge on any atom is -0.489 e. The molecule has 3 rings (SSSR count). The van der Waals surface area contributed by atoms with Gasteiger partial charge < -0.3 is 4.74 Å². The zero-order chi connectivity index (χ0) is 12.4. The summed E-state index contributed by atoms with van der Waals surface area (Å²) >= 11 is 0. The van der Waals surface area contributed by atoms with E-state index in [0.29, 0.717) is 17.9 Å². The first kappa shape index (κ1) is 10.8. The van der Waals surface area contributed by atoms with Crippen LogP contribution in [0.25, 0.3) is 5.52 Å². The molecule has 18 heavy (non-hydrogen) atoms. The molecule has 2 aromatic heterocycles. The molecule has 0 unspecified atom stereocenters. The van der Waals surface area contributed by atoms with Gasteiger partial charge in [0, 0.05) is 18.3 Å². The van der Waals surface area contributed by atoms with Gasteiger partial charge in [0.15, 0.2) is 0 Å². The van der Waals surface area contributed by atoms with Crippen LogP contribution in [-0.2, 0) is 6.61 Å². The summed E-state index contributed by atoms with van der Waals surface area (Å²) in [7, 11) is 0. The second-order valence-corrected chi connectivity index (χ2v) is 3.97. The molecule has 0 fully saturated rings. The number of nitrogens with zero attached hydrogens (tertiary/aromatic N) is 2. The molecule has 0 N–H and O–H groups in total. The first-order chi connectivity index (χ1) is 8.81. The number of rotatable bonds is 3. The van der Waals surface area contributed by atoms with E-state index in [1.165, 1.54) is 10.6 Å². The van der Waals surface area contributed by atoms with Crippen LogP contribution in [0.3, 0.4) is 0 Å². The monoisotopic (exact) mass is 242 g/mol. The van der Waals surface area contributed by atoms with Crippen molar-refractivity contribution in [3.8, 4) is 5.75 Å². The molecule has 0 bridgehead atoms. The molecule has 2 heterocycles. The molecule has 0 amide bonds. The van der Waals surface area contributed by atoms with Gasteiger partial charge in [0.05, 0.1) is 5.52 Å². The summed E-state index contributed by atoms with van der Waals surface area (Å²) in [5.74, 6) is 0.210. The molecule has 4 heteroatoms. The summed E-state index contributed by atoms with van der Waals surface area (Å²) in [6.07, 6.45) is 1.68. The highest BCUT2D eigenvalue weighted by atomic mass is 19.1. The minimum atomic E-state index is -0.491. The SMILES string of the molecule is Fc1cc2cc(OCc3ccccc3)ccn2n1. The van der Waals surface area contributed by atoms with E-state index in [0.717, 1.165) is 5.56 Å². The topological polar surface area (TPSA) is 26.5 Å². The van der Waals surface area contributed by atoms with Gasteiger partial charge in [-0.15, -0.1) is 5.10 Å². The van der Waals surface area contributed by atoms with Crippen molar-refractivity contribution in [3.05, 3.63) is 66.2 Å². The highest BCUT2D eigenvalue weighted by Gasteiger charge is 2.02. The van der Waals surface area contributed by atoms with Crippen LogP contribution in [0.1, 0.15) is 5.56 Å². The van der Waals surface area contributed by atoms with Gasteiger partial charge in [-0.05, 0) is 11.6 Å².